The fourth-order valence-corrected chi connectivity index (χ4v) is 1.45. The summed E-state index contributed by atoms with van der Waals surface area (Å²) in [6.07, 6.45) is 0.766. The molecule has 0 spiro atoms. The number of nitrogens with one attached hydrogen (secondary N) is 1. The molecule has 1 atom stereocenters. The second-order valence-electron chi connectivity index (χ2n) is 3.64. The van der Waals surface area contributed by atoms with Crippen molar-refractivity contribution in [2.75, 3.05) is 0 Å². The molecule has 1 unspecified atom stereocenters. The molecule has 0 fully saturated rings. The van der Waals surface area contributed by atoms with E-state index in [1.807, 2.05) is 32.0 Å². The zero-order chi connectivity index (χ0) is 12.0. The number of rotatable bonds is 5. The van der Waals surface area contributed by atoms with Crippen LogP contribution in [-0.4, -0.2) is 22.1 Å². The molecule has 1 rings (SSSR count). The number of pyridine rings is 1. The van der Waals surface area contributed by atoms with Crippen LogP contribution in [0.2, 0.25) is 0 Å². The van der Waals surface area contributed by atoms with E-state index in [4.69, 9.17) is 10.9 Å². The van der Waals surface area contributed by atoms with Gasteiger partial charge in [-0.05, 0) is 25.5 Å². The van der Waals surface area contributed by atoms with E-state index < -0.39 is 0 Å². The van der Waals surface area contributed by atoms with Crippen molar-refractivity contribution in [3.63, 3.8) is 0 Å². The fourth-order valence-electron chi connectivity index (χ4n) is 1.45. The Morgan fingerprint density at radius 1 is 1.62 bits per heavy atom. The third kappa shape index (κ3) is 3.51. The Labute approximate surface area is 95.4 Å². The first kappa shape index (κ1) is 12.4. The third-order valence-electron chi connectivity index (χ3n) is 2.36. The van der Waals surface area contributed by atoms with E-state index in [0.717, 1.165) is 17.8 Å². The lowest BCUT2D eigenvalue weighted by Gasteiger charge is -2.14. The van der Waals surface area contributed by atoms with Crippen LogP contribution in [0.5, 0.6) is 0 Å². The second-order valence-corrected chi connectivity index (χ2v) is 3.64. The zero-order valence-electron chi connectivity index (χ0n) is 9.64. The Bertz CT molecular complexity index is 365. The number of hydrogen-bond acceptors (Lipinski definition) is 4. The van der Waals surface area contributed by atoms with Crippen LogP contribution >= 0.6 is 0 Å². The third-order valence-corrected chi connectivity index (χ3v) is 2.36. The summed E-state index contributed by atoms with van der Waals surface area (Å²) >= 11 is 0. The summed E-state index contributed by atoms with van der Waals surface area (Å²) in [5.41, 5.74) is 7.47. The molecule has 5 nitrogen and oxygen atoms in total. The van der Waals surface area contributed by atoms with Gasteiger partial charge in [0.2, 0.25) is 0 Å². The molecule has 1 heterocycles. The van der Waals surface area contributed by atoms with Gasteiger partial charge in [0.25, 0.3) is 0 Å². The fraction of sp³-hybridized carbons (Fsp3) is 0.455. The average molecular weight is 222 g/mol. The number of hydrogen-bond donors (Lipinski definition) is 3. The van der Waals surface area contributed by atoms with Gasteiger partial charge < -0.3 is 16.3 Å². The summed E-state index contributed by atoms with van der Waals surface area (Å²) in [7, 11) is 0. The molecule has 1 aromatic heterocycles. The Morgan fingerprint density at radius 3 is 2.94 bits per heavy atom. The lowest BCUT2D eigenvalue weighted by Crippen LogP contribution is -2.40. The molecule has 4 N–H and O–H groups in total. The van der Waals surface area contributed by atoms with Gasteiger partial charge in [-0.25, -0.2) is 0 Å². The van der Waals surface area contributed by atoms with Gasteiger partial charge in [-0.2, -0.15) is 0 Å². The topological polar surface area (TPSA) is 83.5 Å². The maximum atomic E-state index is 8.58. The molecule has 0 bridgehead atoms. The van der Waals surface area contributed by atoms with E-state index in [0.29, 0.717) is 6.54 Å². The van der Waals surface area contributed by atoms with Gasteiger partial charge in [-0.15, -0.1) is 0 Å². The Morgan fingerprint density at radius 2 is 2.38 bits per heavy atom. The molecule has 0 aliphatic heterocycles. The summed E-state index contributed by atoms with van der Waals surface area (Å²) in [5.74, 6) is 0.204. The van der Waals surface area contributed by atoms with E-state index in [2.05, 4.69) is 15.5 Å². The molecule has 88 valence electrons. The number of aryl methyl sites for hydroxylation is 1. The second kappa shape index (κ2) is 6.07. The maximum Gasteiger partial charge on any atom is 0.156 e. The molecule has 0 saturated carbocycles. The molecular weight excluding hydrogens is 204 g/mol. The van der Waals surface area contributed by atoms with Crippen molar-refractivity contribution in [2.24, 2.45) is 10.9 Å². The van der Waals surface area contributed by atoms with Gasteiger partial charge >= 0.3 is 0 Å². The minimum absolute atomic E-state index is 0.118. The SMILES string of the molecule is CCC(NCc1cccc(C)n1)C(N)=NO. The quantitative estimate of drug-likeness (QED) is 0.300. The smallest absolute Gasteiger partial charge is 0.156 e. The van der Waals surface area contributed by atoms with Crippen LogP contribution in [0.15, 0.2) is 23.4 Å². The predicted molar refractivity (Wildman–Crippen MR) is 63.3 cm³/mol. The lowest BCUT2D eigenvalue weighted by atomic mass is 10.2. The molecule has 0 aromatic carbocycles. The van der Waals surface area contributed by atoms with Gasteiger partial charge in [0.15, 0.2) is 5.84 Å². The van der Waals surface area contributed by atoms with Crippen LogP contribution in [0.4, 0.5) is 0 Å². The molecule has 5 heteroatoms. The first-order valence-electron chi connectivity index (χ1n) is 5.30. The lowest BCUT2D eigenvalue weighted by molar-refractivity contribution is 0.314. The van der Waals surface area contributed by atoms with Crippen LogP contribution in [0, 0.1) is 6.92 Å². The van der Waals surface area contributed by atoms with Crippen LogP contribution in [0.3, 0.4) is 0 Å². The van der Waals surface area contributed by atoms with Crippen LogP contribution in [0.25, 0.3) is 0 Å². The van der Waals surface area contributed by atoms with Gasteiger partial charge in [0.1, 0.15) is 0 Å². The standard InChI is InChI=1S/C11H18N4O/c1-3-10(11(12)15-16)13-7-9-6-4-5-8(2)14-9/h4-6,10,13,16H,3,7H2,1-2H3,(H2,12,15). The zero-order valence-corrected chi connectivity index (χ0v) is 9.64. The highest BCUT2D eigenvalue weighted by Crippen LogP contribution is 1.99. The van der Waals surface area contributed by atoms with Gasteiger partial charge in [-0.3, -0.25) is 4.98 Å². The minimum Gasteiger partial charge on any atom is -0.409 e. The van der Waals surface area contributed by atoms with Crippen molar-refractivity contribution < 1.29 is 5.21 Å². The van der Waals surface area contributed by atoms with E-state index >= 15 is 0 Å². The number of nitrogens with two attached hydrogens (primary N) is 1. The summed E-state index contributed by atoms with van der Waals surface area (Å²) < 4.78 is 0. The largest absolute Gasteiger partial charge is 0.409 e. The molecule has 0 amide bonds. The van der Waals surface area contributed by atoms with E-state index in [1.54, 1.807) is 0 Å². The summed E-state index contributed by atoms with van der Waals surface area (Å²) in [4.78, 5) is 4.36. The van der Waals surface area contributed by atoms with E-state index in [9.17, 15) is 0 Å². The van der Waals surface area contributed by atoms with Crippen molar-refractivity contribution in [1.29, 1.82) is 0 Å². The first-order valence-corrected chi connectivity index (χ1v) is 5.30. The monoisotopic (exact) mass is 222 g/mol. The van der Waals surface area contributed by atoms with Crippen molar-refractivity contribution in [2.45, 2.75) is 32.9 Å². The summed E-state index contributed by atoms with van der Waals surface area (Å²) in [5, 5.41) is 14.8. The molecule has 0 radical (unpaired) electrons. The highest BCUT2D eigenvalue weighted by molar-refractivity contribution is 5.85. The number of oxime groups is 1. The number of aromatic nitrogens is 1. The number of nitrogens with zero attached hydrogens (tertiary/aromatic N) is 2. The van der Waals surface area contributed by atoms with Crippen molar-refractivity contribution in [3.8, 4) is 0 Å². The molecular formula is C11H18N4O. The Kier molecular flexibility index (Phi) is 4.72. The summed E-state index contributed by atoms with van der Waals surface area (Å²) in [6, 6.07) is 5.74. The Hall–Kier alpha value is -1.62. The molecule has 0 saturated heterocycles. The van der Waals surface area contributed by atoms with Crippen LogP contribution in [0.1, 0.15) is 24.7 Å². The molecule has 0 aliphatic carbocycles. The normalized spacial score (nSPS) is 13.8. The highest BCUT2D eigenvalue weighted by Gasteiger charge is 2.10. The minimum atomic E-state index is -0.118. The number of amidine groups is 1. The molecule has 0 aliphatic rings. The highest BCUT2D eigenvalue weighted by atomic mass is 16.4. The maximum absolute atomic E-state index is 8.58. The summed E-state index contributed by atoms with van der Waals surface area (Å²) in [6.45, 7) is 4.53. The van der Waals surface area contributed by atoms with Crippen molar-refractivity contribution in [1.82, 2.24) is 10.3 Å². The van der Waals surface area contributed by atoms with E-state index in [-0.39, 0.29) is 11.9 Å². The van der Waals surface area contributed by atoms with Crippen molar-refractivity contribution >= 4 is 5.84 Å². The van der Waals surface area contributed by atoms with Crippen LogP contribution < -0.4 is 11.1 Å². The average Bonchev–Trinajstić information content (AvgIpc) is 2.29. The van der Waals surface area contributed by atoms with Gasteiger partial charge in [-0.1, -0.05) is 18.1 Å². The van der Waals surface area contributed by atoms with Crippen molar-refractivity contribution in [3.05, 3.63) is 29.6 Å². The molecule has 16 heavy (non-hydrogen) atoms. The van der Waals surface area contributed by atoms with Gasteiger partial charge in [0, 0.05) is 12.2 Å². The first-order chi connectivity index (χ1) is 7.67. The predicted octanol–water partition coefficient (Wildman–Crippen LogP) is 1.00. The van der Waals surface area contributed by atoms with Crippen LogP contribution in [-0.2, 0) is 6.54 Å². The van der Waals surface area contributed by atoms with E-state index in [1.165, 1.54) is 0 Å². The van der Waals surface area contributed by atoms with Gasteiger partial charge in [0.05, 0.1) is 11.7 Å². The molecule has 1 aromatic rings. The Balaban J connectivity index is 2.56.